The van der Waals surface area contributed by atoms with Crippen LogP contribution in [0.25, 0.3) is 0 Å². The second-order valence-corrected chi connectivity index (χ2v) is 4.45. The Balaban J connectivity index is 3.29. The van der Waals surface area contributed by atoms with Crippen molar-refractivity contribution in [1.29, 1.82) is 0 Å². The maximum Gasteiger partial charge on any atom is 0.0574 e. The first kappa shape index (κ1) is 16.2. The van der Waals surface area contributed by atoms with E-state index in [0.717, 1.165) is 25.7 Å². The molecule has 0 heterocycles. The molecule has 0 aromatic rings. The van der Waals surface area contributed by atoms with Crippen molar-refractivity contribution in [2.24, 2.45) is 0 Å². The van der Waals surface area contributed by atoms with Gasteiger partial charge in [-0.05, 0) is 32.1 Å². The van der Waals surface area contributed by atoms with E-state index in [-0.39, 0.29) is 6.10 Å². The molecule has 1 N–H and O–H groups in total. The third kappa shape index (κ3) is 13.1. The van der Waals surface area contributed by atoms with Crippen molar-refractivity contribution in [2.45, 2.75) is 64.4 Å². The molecule has 0 aliphatic rings. The lowest BCUT2D eigenvalue weighted by atomic mass is 10.1. The summed E-state index contributed by atoms with van der Waals surface area (Å²) in [5.41, 5.74) is 0. The van der Waals surface area contributed by atoms with Gasteiger partial charge in [-0.25, -0.2) is 0 Å². The molecule has 0 fully saturated rings. The summed E-state index contributed by atoms with van der Waals surface area (Å²) in [7, 11) is 0. The van der Waals surface area contributed by atoms with Crippen LogP contribution >= 0.6 is 0 Å². The van der Waals surface area contributed by atoms with Crippen LogP contribution < -0.4 is 0 Å². The largest absolute Gasteiger partial charge is 0.393 e. The quantitative estimate of drug-likeness (QED) is 0.311. The lowest BCUT2D eigenvalue weighted by Gasteiger charge is -2.06. The van der Waals surface area contributed by atoms with Gasteiger partial charge in [0.25, 0.3) is 0 Å². The average Bonchev–Trinajstić information content (AvgIpc) is 2.33. The molecule has 1 atom stereocenters. The maximum absolute atomic E-state index is 9.64. The van der Waals surface area contributed by atoms with Gasteiger partial charge in [-0.2, -0.15) is 0 Å². The Morgan fingerprint density at radius 2 is 1.76 bits per heavy atom. The van der Waals surface area contributed by atoms with Gasteiger partial charge in [-0.1, -0.05) is 63.1 Å². The van der Waals surface area contributed by atoms with Gasteiger partial charge in [0.1, 0.15) is 0 Å². The standard InChI is InChI=1S/C16H28O/c1-3-5-7-8-9-10-11-13-15-16(17)14-12-6-4-2/h4,6,8-9,12,16-17H,2-3,5,7,10-11,13-15H2,1H3. The molecule has 0 spiro atoms. The van der Waals surface area contributed by atoms with Gasteiger partial charge in [-0.15, -0.1) is 0 Å². The molecule has 0 rings (SSSR count). The zero-order valence-electron chi connectivity index (χ0n) is 11.3. The second-order valence-electron chi connectivity index (χ2n) is 4.45. The summed E-state index contributed by atoms with van der Waals surface area (Å²) < 4.78 is 0. The Morgan fingerprint density at radius 3 is 2.41 bits per heavy atom. The summed E-state index contributed by atoms with van der Waals surface area (Å²) >= 11 is 0. The van der Waals surface area contributed by atoms with E-state index >= 15 is 0 Å². The normalized spacial score (nSPS) is 13.5. The van der Waals surface area contributed by atoms with Crippen molar-refractivity contribution in [2.75, 3.05) is 0 Å². The minimum Gasteiger partial charge on any atom is -0.393 e. The van der Waals surface area contributed by atoms with E-state index in [1.54, 1.807) is 6.08 Å². The van der Waals surface area contributed by atoms with Gasteiger partial charge in [-0.3, -0.25) is 0 Å². The van der Waals surface area contributed by atoms with Crippen LogP contribution in [-0.4, -0.2) is 11.2 Å². The van der Waals surface area contributed by atoms with E-state index in [1.807, 2.05) is 12.2 Å². The third-order valence-corrected chi connectivity index (χ3v) is 2.73. The van der Waals surface area contributed by atoms with Crippen LogP contribution in [-0.2, 0) is 0 Å². The molecule has 0 bridgehead atoms. The first-order valence-corrected chi connectivity index (χ1v) is 6.91. The van der Waals surface area contributed by atoms with Crippen LogP contribution in [0, 0.1) is 0 Å². The molecule has 1 unspecified atom stereocenters. The monoisotopic (exact) mass is 236 g/mol. The predicted octanol–water partition coefficient (Wildman–Crippen LogP) is 4.79. The van der Waals surface area contributed by atoms with Crippen molar-refractivity contribution in [1.82, 2.24) is 0 Å². The topological polar surface area (TPSA) is 20.2 Å². The summed E-state index contributed by atoms with van der Waals surface area (Å²) in [5.74, 6) is 0. The highest BCUT2D eigenvalue weighted by atomic mass is 16.3. The zero-order chi connectivity index (χ0) is 12.8. The van der Waals surface area contributed by atoms with Crippen LogP contribution in [0.2, 0.25) is 0 Å². The number of hydrogen-bond acceptors (Lipinski definition) is 1. The first-order valence-electron chi connectivity index (χ1n) is 6.91. The molecule has 98 valence electrons. The lowest BCUT2D eigenvalue weighted by Crippen LogP contribution is -2.03. The molecule has 0 aromatic heterocycles. The number of aliphatic hydroxyl groups excluding tert-OH is 1. The Morgan fingerprint density at radius 1 is 1.06 bits per heavy atom. The molecule has 1 heteroatoms. The fourth-order valence-corrected chi connectivity index (χ4v) is 1.65. The van der Waals surface area contributed by atoms with Crippen LogP contribution in [0.4, 0.5) is 0 Å². The van der Waals surface area contributed by atoms with Crippen LogP contribution in [0.1, 0.15) is 58.3 Å². The van der Waals surface area contributed by atoms with E-state index in [2.05, 4.69) is 25.7 Å². The highest BCUT2D eigenvalue weighted by Crippen LogP contribution is 2.08. The number of aliphatic hydroxyl groups is 1. The second kappa shape index (κ2) is 13.2. The van der Waals surface area contributed by atoms with Crippen molar-refractivity contribution in [3.05, 3.63) is 37.0 Å². The number of allylic oxidation sites excluding steroid dienone is 4. The highest BCUT2D eigenvalue weighted by Gasteiger charge is 1.99. The summed E-state index contributed by atoms with van der Waals surface area (Å²) in [5, 5.41) is 9.64. The lowest BCUT2D eigenvalue weighted by molar-refractivity contribution is 0.164. The Bertz CT molecular complexity index is 216. The van der Waals surface area contributed by atoms with E-state index in [4.69, 9.17) is 0 Å². The zero-order valence-corrected chi connectivity index (χ0v) is 11.3. The van der Waals surface area contributed by atoms with E-state index in [0.29, 0.717) is 0 Å². The van der Waals surface area contributed by atoms with Crippen molar-refractivity contribution >= 4 is 0 Å². The molecule has 0 aliphatic carbocycles. The molecule has 0 saturated heterocycles. The minimum absolute atomic E-state index is 0.185. The van der Waals surface area contributed by atoms with Gasteiger partial charge < -0.3 is 5.11 Å². The van der Waals surface area contributed by atoms with Gasteiger partial charge in [0.2, 0.25) is 0 Å². The SMILES string of the molecule is C=CC=CCC(O)CCCCC=CCCCC. The van der Waals surface area contributed by atoms with Gasteiger partial charge in [0, 0.05) is 0 Å². The fraction of sp³-hybridized carbons (Fsp3) is 0.625. The average molecular weight is 236 g/mol. The van der Waals surface area contributed by atoms with E-state index in [9.17, 15) is 5.11 Å². The molecule has 0 amide bonds. The molecular weight excluding hydrogens is 208 g/mol. The molecule has 1 nitrogen and oxygen atoms in total. The molecule has 0 saturated carbocycles. The molecule has 0 aliphatic heterocycles. The van der Waals surface area contributed by atoms with Crippen LogP contribution in [0.3, 0.4) is 0 Å². The van der Waals surface area contributed by atoms with E-state index in [1.165, 1.54) is 25.7 Å². The smallest absolute Gasteiger partial charge is 0.0574 e. The Hall–Kier alpha value is -0.820. The summed E-state index contributed by atoms with van der Waals surface area (Å²) in [6.07, 6.45) is 18.9. The fourth-order valence-electron chi connectivity index (χ4n) is 1.65. The van der Waals surface area contributed by atoms with Crippen molar-refractivity contribution in [3.8, 4) is 0 Å². The Kier molecular flexibility index (Phi) is 12.6. The van der Waals surface area contributed by atoms with Crippen molar-refractivity contribution in [3.63, 3.8) is 0 Å². The molecule has 0 radical (unpaired) electrons. The maximum atomic E-state index is 9.64. The van der Waals surface area contributed by atoms with Crippen LogP contribution in [0.15, 0.2) is 37.0 Å². The Labute approximate surface area is 107 Å². The van der Waals surface area contributed by atoms with Crippen molar-refractivity contribution < 1.29 is 5.11 Å². The summed E-state index contributed by atoms with van der Waals surface area (Å²) in [4.78, 5) is 0. The third-order valence-electron chi connectivity index (χ3n) is 2.73. The van der Waals surface area contributed by atoms with Crippen LogP contribution in [0.5, 0.6) is 0 Å². The van der Waals surface area contributed by atoms with Gasteiger partial charge >= 0.3 is 0 Å². The molecular formula is C16H28O. The highest BCUT2D eigenvalue weighted by molar-refractivity contribution is 4.97. The molecule has 17 heavy (non-hydrogen) atoms. The first-order chi connectivity index (χ1) is 8.31. The number of hydrogen-bond donors (Lipinski definition) is 1. The minimum atomic E-state index is -0.185. The molecule has 0 aromatic carbocycles. The number of unbranched alkanes of at least 4 members (excludes halogenated alkanes) is 4. The predicted molar refractivity (Wildman–Crippen MR) is 77.1 cm³/mol. The van der Waals surface area contributed by atoms with Gasteiger partial charge in [0.15, 0.2) is 0 Å². The van der Waals surface area contributed by atoms with Gasteiger partial charge in [0.05, 0.1) is 6.10 Å². The number of rotatable bonds is 11. The summed E-state index contributed by atoms with van der Waals surface area (Å²) in [6.45, 7) is 5.82. The summed E-state index contributed by atoms with van der Waals surface area (Å²) in [6, 6.07) is 0. The van der Waals surface area contributed by atoms with E-state index < -0.39 is 0 Å².